The summed E-state index contributed by atoms with van der Waals surface area (Å²) in [5, 5.41) is 11.7. The first kappa shape index (κ1) is 28.8. The highest BCUT2D eigenvalue weighted by Crippen LogP contribution is 2.51. The van der Waals surface area contributed by atoms with Crippen molar-refractivity contribution in [3.8, 4) is 11.8 Å². The van der Waals surface area contributed by atoms with Crippen molar-refractivity contribution >= 4 is 34.7 Å². The number of ether oxygens (including phenoxy) is 1. The molecule has 0 spiro atoms. The number of carbonyl (C=O) groups excluding carboxylic acids is 1. The van der Waals surface area contributed by atoms with Crippen LogP contribution >= 0.6 is 23.2 Å². The van der Waals surface area contributed by atoms with Crippen LogP contribution in [0.15, 0.2) is 77.3 Å². The van der Waals surface area contributed by atoms with Crippen LogP contribution in [0.2, 0.25) is 10.0 Å². The minimum Gasteiger partial charge on any atom is -0.487 e. The van der Waals surface area contributed by atoms with Crippen molar-refractivity contribution in [1.82, 2.24) is 0 Å². The fourth-order valence-electron chi connectivity index (χ4n) is 6.06. The van der Waals surface area contributed by atoms with E-state index in [2.05, 4.69) is 32.0 Å². The Kier molecular flexibility index (Phi) is 7.68. The summed E-state index contributed by atoms with van der Waals surface area (Å²) in [7, 11) is 0. The number of ketones is 1. The number of nitrogens with zero attached hydrogens (tertiary/aromatic N) is 2. The van der Waals surface area contributed by atoms with Crippen LogP contribution in [0.4, 0.5) is 5.69 Å². The molecule has 0 radical (unpaired) electrons. The summed E-state index contributed by atoms with van der Waals surface area (Å²) in [5.74, 6) is 0.356. The number of anilines is 1. The van der Waals surface area contributed by atoms with E-state index in [0.29, 0.717) is 52.2 Å². The molecule has 1 atom stereocenters. The number of benzene rings is 3. The number of rotatable bonds is 5. The Morgan fingerprint density at radius 3 is 2.44 bits per heavy atom. The van der Waals surface area contributed by atoms with Crippen molar-refractivity contribution in [2.75, 3.05) is 4.90 Å². The van der Waals surface area contributed by atoms with Crippen LogP contribution < -0.4 is 15.4 Å². The van der Waals surface area contributed by atoms with Gasteiger partial charge in [-0.15, -0.1) is 0 Å². The molecule has 0 saturated carbocycles. The highest BCUT2D eigenvalue weighted by atomic mass is 35.5. The van der Waals surface area contributed by atoms with E-state index in [1.54, 1.807) is 6.07 Å². The van der Waals surface area contributed by atoms with Crippen LogP contribution in [0, 0.1) is 37.5 Å². The van der Waals surface area contributed by atoms with E-state index in [1.165, 1.54) is 0 Å². The Morgan fingerprint density at radius 1 is 1.02 bits per heavy atom. The molecule has 3 aromatic carbocycles. The lowest BCUT2D eigenvalue weighted by molar-refractivity contribution is -0.118. The minimum absolute atomic E-state index is 0.0287. The van der Waals surface area contributed by atoms with Gasteiger partial charge in [-0.25, -0.2) is 0 Å². The van der Waals surface area contributed by atoms with Gasteiger partial charge < -0.3 is 10.5 Å². The summed E-state index contributed by atoms with van der Waals surface area (Å²) in [6, 6.07) is 19.5. The molecule has 5 nitrogen and oxygen atoms in total. The number of Topliss-reactive ketones (excluding diaryl/α,β-unsaturated/α-hetero) is 1. The van der Waals surface area contributed by atoms with E-state index in [0.717, 1.165) is 39.2 Å². The molecule has 210 valence electrons. The molecule has 1 heterocycles. The van der Waals surface area contributed by atoms with Gasteiger partial charge in [0.2, 0.25) is 0 Å². The number of para-hydroxylation sites is 1. The second-order valence-electron chi connectivity index (χ2n) is 11.7. The molecule has 41 heavy (non-hydrogen) atoms. The summed E-state index contributed by atoms with van der Waals surface area (Å²) < 4.78 is 6.10. The lowest BCUT2D eigenvalue weighted by Gasteiger charge is -2.44. The van der Waals surface area contributed by atoms with E-state index >= 15 is 0 Å². The third-order valence-electron chi connectivity index (χ3n) is 8.09. The zero-order chi connectivity index (χ0) is 29.6. The highest BCUT2D eigenvalue weighted by Gasteiger charge is 2.45. The Morgan fingerprint density at radius 2 is 1.73 bits per heavy atom. The molecule has 5 rings (SSSR count). The molecular formula is C34H33Cl2N3O2. The number of nitrogens with two attached hydrogens (primary N) is 1. The maximum atomic E-state index is 14.0. The SMILES string of the molecule is Cc1cc(COc2ccccc2Cl)c(C)c(C2C(C#N)=C(N)N(c3cccc(Cl)c3C)C3=C2C(=O)CC(C)(C)C3)c1. The van der Waals surface area contributed by atoms with E-state index in [-0.39, 0.29) is 11.2 Å². The predicted octanol–water partition coefficient (Wildman–Crippen LogP) is 8.44. The Labute approximate surface area is 251 Å². The van der Waals surface area contributed by atoms with Gasteiger partial charge >= 0.3 is 0 Å². The average Bonchev–Trinajstić information content (AvgIpc) is 2.90. The number of carbonyl (C=O) groups is 1. The van der Waals surface area contributed by atoms with Crippen molar-refractivity contribution in [3.63, 3.8) is 0 Å². The van der Waals surface area contributed by atoms with Gasteiger partial charge in [0.1, 0.15) is 18.2 Å². The van der Waals surface area contributed by atoms with Gasteiger partial charge in [-0.05, 0) is 79.1 Å². The van der Waals surface area contributed by atoms with E-state index < -0.39 is 5.92 Å². The number of hydrogen-bond donors (Lipinski definition) is 1. The summed E-state index contributed by atoms with van der Waals surface area (Å²) in [6.45, 7) is 10.4. The van der Waals surface area contributed by atoms with Crippen molar-refractivity contribution < 1.29 is 9.53 Å². The molecular weight excluding hydrogens is 553 g/mol. The van der Waals surface area contributed by atoms with Gasteiger partial charge in [0.25, 0.3) is 0 Å². The molecule has 1 unspecified atom stereocenters. The highest BCUT2D eigenvalue weighted by molar-refractivity contribution is 6.32. The van der Waals surface area contributed by atoms with E-state index in [4.69, 9.17) is 33.7 Å². The first-order valence-electron chi connectivity index (χ1n) is 13.6. The quantitative estimate of drug-likeness (QED) is 0.325. The standard InChI is InChI=1S/C34H33Cl2N3O2/c1-19-13-22(18-41-30-12-7-6-9-26(30)36)20(2)23(14-19)31-24(17-37)33(38)39(27-11-8-10-25(35)21(27)3)28-15-34(4,5)16-29(40)32(28)31/h6-14,31H,15-16,18,38H2,1-5H3. The summed E-state index contributed by atoms with van der Waals surface area (Å²) in [4.78, 5) is 15.9. The summed E-state index contributed by atoms with van der Waals surface area (Å²) in [5.41, 5.74) is 13.8. The topological polar surface area (TPSA) is 79.3 Å². The Hall–Kier alpha value is -3.72. The van der Waals surface area contributed by atoms with Crippen LogP contribution in [0.25, 0.3) is 0 Å². The van der Waals surface area contributed by atoms with E-state index in [9.17, 15) is 10.1 Å². The van der Waals surface area contributed by atoms with Gasteiger partial charge in [-0.1, -0.05) is 72.9 Å². The molecule has 0 saturated heterocycles. The first-order valence-corrected chi connectivity index (χ1v) is 14.4. The monoisotopic (exact) mass is 585 g/mol. The molecule has 0 aromatic heterocycles. The molecule has 2 aliphatic rings. The van der Waals surface area contributed by atoms with Gasteiger partial charge in [-0.2, -0.15) is 5.26 Å². The minimum atomic E-state index is -0.590. The lowest BCUT2D eigenvalue weighted by atomic mass is 9.67. The van der Waals surface area contributed by atoms with Gasteiger partial charge in [0, 0.05) is 22.7 Å². The van der Waals surface area contributed by atoms with Crippen LogP contribution in [-0.2, 0) is 11.4 Å². The smallest absolute Gasteiger partial charge is 0.162 e. The normalized spacial score (nSPS) is 18.3. The second kappa shape index (κ2) is 10.9. The number of aryl methyl sites for hydroxylation is 1. The van der Waals surface area contributed by atoms with Crippen molar-refractivity contribution in [3.05, 3.63) is 115 Å². The van der Waals surface area contributed by atoms with Crippen LogP contribution in [0.5, 0.6) is 5.75 Å². The van der Waals surface area contributed by atoms with Gasteiger partial charge in [0.15, 0.2) is 5.78 Å². The Balaban J connectivity index is 1.70. The van der Waals surface area contributed by atoms with Crippen LogP contribution in [0.1, 0.15) is 60.4 Å². The van der Waals surface area contributed by atoms with Crippen molar-refractivity contribution in [2.45, 2.75) is 60.0 Å². The zero-order valence-corrected chi connectivity index (χ0v) is 25.5. The van der Waals surface area contributed by atoms with Gasteiger partial charge in [0.05, 0.1) is 28.3 Å². The van der Waals surface area contributed by atoms with Crippen LogP contribution in [0.3, 0.4) is 0 Å². The fraction of sp³-hybridized carbons (Fsp3) is 0.294. The Bertz CT molecular complexity index is 1680. The molecule has 0 bridgehead atoms. The zero-order valence-electron chi connectivity index (χ0n) is 23.9. The van der Waals surface area contributed by atoms with Gasteiger partial charge in [-0.3, -0.25) is 9.69 Å². The second-order valence-corrected chi connectivity index (χ2v) is 12.5. The molecule has 3 aromatic rings. The summed E-state index contributed by atoms with van der Waals surface area (Å²) in [6.07, 6.45) is 1.01. The molecule has 0 amide bonds. The maximum absolute atomic E-state index is 14.0. The molecule has 1 aliphatic carbocycles. The first-order chi connectivity index (χ1) is 19.4. The van der Waals surface area contributed by atoms with Crippen LogP contribution in [-0.4, -0.2) is 5.78 Å². The maximum Gasteiger partial charge on any atom is 0.162 e. The average molecular weight is 587 g/mol. The number of halogens is 2. The fourth-order valence-corrected chi connectivity index (χ4v) is 6.42. The number of nitriles is 1. The largest absolute Gasteiger partial charge is 0.487 e. The lowest BCUT2D eigenvalue weighted by Crippen LogP contribution is -2.42. The third-order valence-corrected chi connectivity index (χ3v) is 8.81. The molecule has 7 heteroatoms. The van der Waals surface area contributed by atoms with E-state index in [1.807, 2.05) is 62.1 Å². The molecule has 0 fully saturated rings. The predicted molar refractivity (Wildman–Crippen MR) is 165 cm³/mol. The number of allylic oxidation sites excluding steroid dienone is 3. The molecule has 2 N–H and O–H groups in total. The molecule has 1 aliphatic heterocycles. The summed E-state index contributed by atoms with van der Waals surface area (Å²) >= 11 is 12.9. The number of hydrogen-bond acceptors (Lipinski definition) is 5. The third kappa shape index (κ3) is 5.23. The van der Waals surface area contributed by atoms with Crippen molar-refractivity contribution in [1.29, 1.82) is 5.26 Å². The van der Waals surface area contributed by atoms with Crippen molar-refractivity contribution in [2.24, 2.45) is 11.1 Å².